The van der Waals surface area contributed by atoms with Gasteiger partial charge in [-0.25, -0.2) is 4.98 Å². The van der Waals surface area contributed by atoms with Crippen molar-refractivity contribution in [2.24, 2.45) is 0 Å². The maximum atomic E-state index is 11.4. The first-order valence-corrected chi connectivity index (χ1v) is 5.59. The van der Waals surface area contributed by atoms with Crippen LogP contribution in [0, 0.1) is 11.3 Å². The smallest absolute Gasteiger partial charge is 0.252 e. The lowest BCUT2D eigenvalue weighted by Crippen LogP contribution is -2.42. The molecule has 1 saturated heterocycles. The fourth-order valence-corrected chi connectivity index (χ4v) is 1.76. The lowest BCUT2D eigenvalue weighted by atomic mass is 10.3. The molecule has 1 N–H and O–H groups in total. The molecule has 17 heavy (non-hydrogen) atoms. The van der Waals surface area contributed by atoms with Crippen LogP contribution >= 0.6 is 0 Å². The largest absolute Gasteiger partial charge is 0.360 e. The van der Waals surface area contributed by atoms with Crippen LogP contribution in [0.5, 0.6) is 0 Å². The van der Waals surface area contributed by atoms with Crippen LogP contribution in [0.4, 0.5) is 5.82 Å². The molecule has 0 bridgehead atoms. The number of morpholine rings is 1. The number of anilines is 1. The molecular formula is C11H14N4O2. The van der Waals surface area contributed by atoms with E-state index in [1.807, 2.05) is 11.8 Å². The van der Waals surface area contributed by atoms with Crippen molar-refractivity contribution >= 4 is 5.82 Å². The van der Waals surface area contributed by atoms with Crippen molar-refractivity contribution < 1.29 is 4.74 Å². The molecule has 1 aromatic rings. The van der Waals surface area contributed by atoms with Crippen LogP contribution in [-0.2, 0) is 11.2 Å². The molecule has 1 aliphatic rings. The second-order valence-electron chi connectivity index (χ2n) is 3.84. The van der Waals surface area contributed by atoms with Crippen molar-refractivity contribution in [1.29, 1.82) is 5.26 Å². The van der Waals surface area contributed by atoms with E-state index in [2.05, 4.69) is 16.0 Å². The standard InChI is InChI=1S/C11H14N4O2/c1-2-9-13-10(5-11(16)14-9)15-3-4-17-8(6-12)7-15/h5,8H,2-4,7H2,1H3,(H,13,14,16). The van der Waals surface area contributed by atoms with E-state index in [0.29, 0.717) is 37.8 Å². The maximum Gasteiger partial charge on any atom is 0.252 e. The summed E-state index contributed by atoms with van der Waals surface area (Å²) in [7, 11) is 0. The number of nitrogens with zero attached hydrogens (tertiary/aromatic N) is 3. The number of H-pyrrole nitrogens is 1. The second kappa shape index (κ2) is 4.97. The minimum Gasteiger partial charge on any atom is -0.360 e. The molecule has 0 saturated carbocycles. The van der Waals surface area contributed by atoms with Crippen LogP contribution in [0.1, 0.15) is 12.7 Å². The Labute approximate surface area is 98.8 Å². The quantitative estimate of drug-likeness (QED) is 0.782. The molecule has 90 valence electrons. The minimum atomic E-state index is -0.449. The van der Waals surface area contributed by atoms with Crippen LogP contribution < -0.4 is 10.5 Å². The Balaban J connectivity index is 2.24. The van der Waals surface area contributed by atoms with Gasteiger partial charge in [0.1, 0.15) is 11.6 Å². The summed E-state index contributed by atoms with van der Waals surface area (Å²) in [5.41, 5.74) is -0.160. The number of aromatic amines is 1. The van der Waals surface area contributed by atoms with Gasteiger partial charge >= 0.3 is 0 Å². The Morgan fingerprint density at radius 2 is 2.59 bits per heavy atom. The predicted octanol–water partition coefficient (Wildman–Crippen LogP) is 0.0611. The van der Waals surface area contributed by atoms with Gasteiger partial charge in [0.15, 0.2) is 6.10 Å². The number of hydrogen-bond donors (Lipinski definition) is 1. The summed E-state index contributed by atoms with van der Waals surface area (Å²) in [4.78, 5) is 20.4. The topological polar surface area (TPSA) is 82.0 Å². The molecule has 2 heterocycles. The van der Waals surface area contributed by atoms with Crippen LogP contribution in [0.25, 0.3) is 0 Å². The molecule has 1 unspecified atom stereocenters. The number of nitrogens with one attached hydrogen (secondary N) is 1. The maximum absolute atomic E-state index is 11.4. The highest BCUT2D eigenvalue weighted by atomic mass is 16.5. The summed E-state index contributed by atoms with van der Waals surface area (Å²) in [5, 5.41) is 8.82. The molecule has 1 aromatic heterocycles. The molecule has 0 aliphatic carbocycles. The molecular weight excluding hydrogens is 220 g/mol. The highest BCUT2D eigenvalue weighted by molar-refractivity contribution is 5.38. The normalized spacial score (nSPS) is 20.0. The number of hydrogen-bond acceptors (Lipinski definition) is 5. The average molecular weight is 234 g/mol. The summed E-state index contributed by atoms with van der Waals surface area (Å²) in [5.74, 6) is 1.28. The van der Waals surface area contributed by atoms with E-state index in [-0.39, 0.29) is 5.56 Å². The van der Waals surface area contributed by atoms with Gasteiger partial charge in [0, 0.05) is 19.0 Å². The minimum absolute atomic E-state index is 0.160. The third-order valence-electron chi connectivity index (χ3n) is 2.65. The van der Waals surface area contributed by atoms with Gasteiger partial charge in [-0.1, -0.05) is 6.92 Å². The zero-order chi connectivity index (χ0) is 12.3. The Morgan fingerprint density at radius 1 is 1.76 bits per heavy atom. The molecule has 0 radical (unpaired) electrons. The molecule has 2 rings (SSSR count). The van der Waals surface area contributed by atoms with Crippen molar-refractivity contribution in [2.75, 3.05) is 24.6 Å². The number of aromatic nitrogens is 2. The Hall–Kier alpha value is -1.87. The molecule has 0 aromatic carbocycles. The van der Waals surface area contributed by atoms with Gasteiger partial charge in [-0.15, -0.1) is 0 Å². The molecule has 1 atom stereocenters. The third-order valence-corrected chi connectivity index (χ3v) is 2.65. The van der Waals surface area contributed by atoms with Crippen molar-refractivity contribution in [3.63, 3.8) is 0 Å². The van der Waals surface area contributed by atoms with Gasteiger partial charge in [-0.2, -0.15) is 5.26 Å². The SMILES string of the molecule is CCc1nc(N2CCOC(C#N)C2)cc(=O)[nH]1. The summed E-state index contributed by atoms with van der Waals surface area (Å²) in [6.07, 6.45) is 0.227. The fraction of sp³-hybridized carbons (Fsp3) is 0.545. The number of ether oxygens (including phenoxy) is 1. The number of rotatable bonds is 2. The Bertz CT molecular complexity index is 491. The van der Waals surface area contributed by atoms with Gasteiger partial charge in [0.2, 0.25) is 0 Å². The Kier molecular flexibility index (Phi) is 3.40. The van der Waals surface area contributed by atoms with Gasteiger partial charge in [-0.05, 0) is 0 Å². The highest BCUT2D eigenvalue weighted by Gasteiger charge is 2.21. The number of aryl methyl sites for hydroxylation is 1. The van der Waals surface area contributed by atoms with Gasteiger partial charge in [0.25, 0.3) is 5.56 Å². The summed E-state index contributed by atoms with van der Waals surface area (Å²) >= 11 is 0. The average Bonchev–Trinajstić information content (AvgIpc) is 2.38. The van der Waals surface area contributed by atoms with Crippen LogP contribution in [0.2, 0.25) is 0 Å². The second-order valence-corrected chi connectivity index (χ2v) is 3.84. The van der Waals surface area contributed by atoms with Crippen LogP contribution in [-0.4, -0.2) is 35.8 Å². The monoisotopic (exact) mass is 234 g/mol. The zero-order valence-electron chi connectivity index (χ0n) is 9.64. The van der Waals surface area contributed by atoms with E-state index in [1.165, 1.54) is 6.07 Å². The fourth-order valence-electron chi connectivity index (χ4n) is 1.76. The molecule has 0 spiro atoms. The van der Waals surface area contributed by atoms with Crippen molar-refractivity contribution in [2.45, 2.75) is 19.4 Å². The molecule has 1 fully saturated rings. The van der Waals surface area contributed by atoms with E-state index in [0.717, 1.165) is 0 Å². The highest BCUT2D eigenvalue weighted by Crippen LogP contribution is 2.13. The van der Waals surface area contributed by atoms with E-state index >= 15 is 0 Å². The first kappa shape index (κ1) is 11.6. The van der Waals surface area contributed by atoms with Crippen molar-refractivity contribution in [1.82, 2.24) is 9.97 Å². The van der Waals surface area contributed by atoms with Crippen molar-refractivity contribution in [3.05, 3.63) is 22.2 Å². The van der Waals surface area contributed by atoms with E-state index in [9.17, 15) is 4.79 Å². The lowest BCUT2D eigenvalue weighted by molar-refractivity contribution is 0.0761. The molecule has 6 heteroatoms. The van der Waals surface area contributed by atoms with Gasteiger partial charge in [-0.3, -0.25) is 4.79 Å². The lowest BCUT2D eigenvalue weighted by Gasteiger charge is -2.30. The van der Waals surface area contributed by atoms with Crippen LogP contribution in [0.15, 0.2) is 10.9 Å². The first-order valence-electron chi connectivity index (χ1n) is 5.59. The third kappa shape index (κ3) is 2.63. The molecule has 6 nitrogen and oxygen atoms in total. The van der Waals surface area contributed by atoms with Crippen molar-refractivity contribution in [3.8, 4) is 6.07 Å². The summed E-state index contributed by atoms with van der Waals surface area (Å²) < 4.78 is 5.25. The molecule has 1 aliphatic heterocycles. The Morgan fingerprint density at radius 3 is 3.29 bits per heavy atom. The van der Waals surface area contributed by atoms with E-state index in [4.69, 9.17) is 10.00 Å². The van der Waals surface area contributed by atoms with Gasteiger partial charge in [0.05, 0.1) is 19.2 Å². The summed E-state index contributed by atoms with van der Waals surface area (Å²) in [6, 6.07) is 3.53. The van der Waals surface area contributed by atoms with E-state index in [1.54, 1.807) is 0 Å². The number of nitriles is 1. The van der Waals surface area contributed by atoms with Gasteiger partial charge < -0.3 is 14.6 Å². The summed E-state index contributed by atoms with van der Waals surface area (Å²) in [6.45, 7) is 3.52. The molecule has 0 amide bonds. The zero-order valence-corrected chi connectivity index (χ0v) is 9.64. The van der Waals surface area contributed by atoms with E-state index < -0.39 is 6.10 Å². The predicted molar refractivity (Wildman–Crippen MR) is 61.8 cm³/mol. The first-order chi connectivity index (χ1) is 8.22. The van der Waals surface area contributed by atoms with Crippen LogP contribution in [0.3, 0.4) is 0 Å².